The van der Waals surface area contributed by atoms with Crippen molar-refractivity contribution in [3.63, 3.8) is 0 Å². The zero-order valence-electron chi connectivity index (χ0n) is 20.1. The standard InChI is InChI=1S/C25H33N3O3S2/c1-18-9-12-21(13-10-18)33(30,31)17-6-8-23(29)28(16-7-15-27(4)5)25-26-24-20(3)19(2)11-14-22(24)32-25/h9-14H,6-8,15-17H2,1-5H3. The molecule has 0 radical (unpaired) electrons. The van der Waals surface area contributed by atoms with E-state index in [0.717, 1.165) is 34.3 Å². The number of benzene rings is 2. The average Bonchev–Trinajstić information content (AvgIpc) is 3.18. The van der Waals surface area contributed by atoms with Gasteiger partial charge in [0.2, 0.25) is 5.91 Å². The predicted molar refractivity (Wildman–Crippen MR) is 137 cm³/mol. The normalized spacial score (nSPS) is 11.9. The summed E-state index contributed by atoms with van der Waals surface area (Å²) in [6, 6.07) is 11.0. The Labute approximate surface area is 201 Å². The molecule has 2 aromatic carbocycles. The third-order valence-electron chi connectivity index (χ3n) is 5.78. The Kier molecular flexibility index (Phi) is 8.26. The van der Waals surface area contributed by atoms with E-state index in [9.17, 15) is 13.2 Å². The van der Waals surface area contributed by atoms with Crippen LogP contribution in [0.3, 0.4) is 0 Å². The first kappa shape index (κ1) is 25.3. The van der Waals surface area contributed by atoms with E-state index >= 15 is 0 Å². The van der Waals surface area contributed by atoms with E-state index in [-0.39, 0.29) is 24.5 Å². The van der Waals surface area contributed by atoms with Crippen LogP contribution in [0.15, 0.2) is 41.3 Å². The molecule has 1 amide bonds. The predicted octanol–water partition coefficient (Wildman–Crippen LogP) is 4.76. The first-order chi connectivity index (χ1) is 15.6. The number of nitrogens with zero attached hydrogens (tertiary/aromatic N) is 3. The molecule has 0 saturated carbocycles. The van der Waals surface area contributed by atoms with E-state index in [1.807, 2.05) is 21.0 Å². The van der Waals surface area contributed by atoms with E-state index in [2.05, 4.69) is 30.9 Å². The number of carbonyl (C=O) groups excluding carboxylic acids is 1. The van der Waals surface area contributed by atoms with Crippen molar-refractivity contribution in [1.29, 1.82) is 0 Å². The number of thiazole rings is 1. The second kappa shape index (κ2) is 10.8. The van der Waals surface area contributed by atoms with Gasteiger partial charge in [0.05, 0.1) is 20.9 Å². The van der Waals surface area contributed by atoms with Crippen molar-refractivity contribution < 1.29 is 13.2 Å². The van der Waals surface area contributed by atoms with E-state index in [1.54, 1.807) is 29.2 Å². The van der Waals surface area contributed by atoms with Crippen molar-refractivity contribution in [2.45, 2.75) is 44.9 Å². The van der Waals surface area contributed by atoms with Crippen molar-refractivity contribution in [2.24, 2.45) is 0 Å². The summed E-state index contributed by atoms with van der Waals surface area (Å²) in [7, 11) is 0.599. The number of hydrogen-bond acceptors (Lipinski definition) is 6. The molecule has 0 bridgehead atoms. The molecule has 0 unspecified atom stereocenters. The molecular formula is C25H33N3O3S2. The topological polar surface area (TPSA) is 70.6 Å². The summed E-state index contributed by atoms with van der Waals surface area (Å²) in [6.45, 7) is 7.44. The van der Waals surface area contributed by atoms with Crippen LogP contribution in [0.2, 0.25) is 0 Å². The molecule has 0 saturated heterocycles. The number of fused-ring (bicyclic) bond motifs is 1. The second-order valence-corrected chi connectivity index (χ2v) is 11.9. The molecule has 0 aliphatic rings. The highest BCUT2D eigenvalue weighted by atomic mass is 32.2. The Morgan fingerprint density at radius 1 is 0.970 bits per heavy atom. The number of aryl methyl sites for hydroxylation is 3. The maximum absolute atomic E-state index is 13.2. The SMILES string of the molecule is Cc1ccc(S(=O)(=O)CCCC(=O)N(CCCN(C)C)c2nc3c(C)c(C)ccc3s2)cc1. The molecule has 0 atom stereocenters. The molecule has 178 valence electrons. The first-order valence-electron chi connectivity index (χ1n) is 11.2. The van der Waals surface area contributed by atoms with Crippen LogP contribution in [-0.2, 0) is 14.6 Å². The van der Waals surface area contributed by atoms with Gasteiger partial charge in [-0.3, -0.25) is 9.69 Å². The molecule has 8 heteroatoms. The van der Waals surface area contributed by atoms with Gasteiger partial charge < -0.3 is 4.90 Å². The van der Waals surface area contributed by atoms with Crippen molar-refractivity contribution in [1.82, 2.24) is 9.88 Å². The summed E-state index contributed by atoms with van der Waals surface area (Å²) >= 11 is 1.51. The van der Waals surface area contributed by atoms with Gasteiger partial charge in [-0.1, -0.05) is 35.1 Å². The third kappa shape index (κ3) is 6.40. The molecular weight excluding hydrogens is 454 g/mol. The number of amides is 1. The highest BCUT2D eigenvalue weighted by Gasteiger charge is 2.22. The molecule has 0 N–H and O–H groups in total. The smallest absolute Gasteiger partial charge is 0.228 e. The Balaban J connectivity index is 1.74. The first-order valence-corrected chi connectivity index (χ1v) is 13.7. The lowest BCUT2D eigenvalue weighted by Gasteiger charge is -2.21. The van der Waals surface area contributed by atoms with Crippen LogP contribution in [-0.4, -0.2) is 57.1 Å². The van der Waals surface area contributed by atoms with E-state index < -0.39 is 9.84 Å². The number of sulfone groups is 1. The minimum absolute atomic E-state index is 0.0501. The molecule has 0 fully saturated rings. The summed E-state index contributed by atoms with van der Waals surface area (Å²) in [6.07, 6.45) is 1.26. The van der Waals surface area contributed by atoms with Crippen molar-refractivity contribution >= 4 is 42.4 Å². The summed E-state index contributed by atoms with van der Waals surface area (Å²) < 4.78 is 26.4. The van der Waals surface area contributed by atoms with E-state index in [4.69, 9.17) is 4.98 Å². The van der Waals surface area contributed by atoms with E-state index in [1.165, 1.54) is 16.9 Å². The Morgan fingerprint density at radius 2 is 1.67 bits per heavy atom. The van der Waals surface area contributed by atoms with Gasteiger partial charge in [0.15, 0.2) is 15.0 Å². The Bertz CT molecular complexity index is 1220. The quantitative estimate of drug-likeness (QED) is 0.412. The highest BCUT2D eigenvalue weighted by Crippen LogP contribution is 2.32. The largest absolute Gasteiger partial charge is 0.309 e. The van der Waals surface area contributed by atoms with Crippen molar-refractivity contribution in [3.8, 4) is 0 Å². The summed E-state index contributed by atoms with van der Waals surface area (Å²) in [5.41, 5.74) is 4.24. The zero-order chi connectivity index (χ0) is 24.2. The van der Waals surface area contributed by atoms with Gasteiger partial charge in [-0.15, -0.1) is 0 Å². The molecule has 1 aromatic heterocycles. The zero-order valence-corrected chi connectivity index (χ0v) is 21.7. The summed E-state index contributed by atoms with van der Waals surface area (Å²) in [5, 5.41) is 0.684. The van der Waals surface area contributed by atoms with Gasteiger partial charge in [-0.05, 0) is 83.6 Å². The van der Waals surface area contributed by atoms with Crippen LogP contribution in [0.4, 0.5) is 5.13 Å². The molecule has 0 aliphatic heterocycles. The lowest BCUT2D eigenvalue weighted by Crippen LogP contribution is -2.33. The van der Waals surface area contributed by atoms with Crippen molar-refractivity contribution in [2.75, 3.05) is 37.8 Å². The van der Waals surface area contributed by atoms with E-state index in [0.29, 0.717) is 16.6 Å². The molecule has 6 nitrogen and oxygen atoms in total. The van der Waals surface area contributed by atoms with Gasteiger partial charge >= 0.3 is 0 Å². The van der Waals surface area contributed by atoms with Gasteiger partial charge in [-0.25, -0.2) is 13.4 Å². The molecule has 0 spiro atoms. The number of rotatable bonds is 10. The fourth-order valence-corrected chi connectivity index (χ4v) is 5.99. The van der Waals surface area contributed by atoms with Gasteiger partial charge in [-0.2, -0.15) is 0 Å². The number of carbonyl (C=O) groups is 1. The maximum atomic E-state index is 13.2. The minimum atomic E-state index is -3.41. The number of hydrogen-bond donors (Lipinski definition) is 0. The van der Waals surface area contributed by atoms with Gasteiger partial charge in [0, 0.05) is 13.0 Å². The molecule has 0 aliphatic carbocycles. The molecule has 1 heterocycles. The molecule has 33 heavy (non-hydrogen) atoms. The van der Waals surface area contributed by atoms with Crippen LogP contribution in [0.1, 0.15) is 36.0 Å². The molecule has 3 aromatic rings. The fourth-order valence-electron chi connectivity index (χ4n) is 3.61. The highest BCUT2D eigenvalue weighted by molar-refractivity contribution is 7.91. The minimum Gasteiger partial charge on any atom is -0.309 e. The van der Waals surface area contributed by atoms with Gasteiger partial charge in [0.1, 0.15) is 0 Å². The Morgan fingerprint density at radius 3 is 2.33 bits per heavy atom. The van der Waals surface area contributed by atoms with Crippen LogP contribution in [0, 0.1) is 20.8 Å². The number of aromatic nitrogens is 1. The average molecular weight is 488 g/mol. The Hall–Kier alpha value is -2.29. The lowest BCUT2D eigenvalue weighted by molar-refractivity contribution is -0.118. The monoisotopic (exact) mass is 487 g/mol. The third-order valence-corrected chi connectivity index (χ3v) is 8.64. The lowest BCUT2D eigenvalue weighted by atomic mass is 10.1. The second-order valence-electron chi connectivity index (χ2n) is 8.79. The summed E-state index contributed by atoms with van der Waals surface area (Å²) in [4.78, 5) is 22.1. The fraction of sp³-hybridized carbons (Fsp3) is 0.440. The van der Waals surface area contributed by atoms with Crippen molar-refractivity contribution in [3.05, 3.63) is 53.1 Å². The van der Waals surface area contributed by atoms with Crippen LogP contribution in [0.5, 0.6) is 0 Å². The summed E-state index contributed by atoms with van der Waals surface area (Å²) in [5.74, 6) is -0.132. The van der Waals surface area contributed by atoms with Crippen LogP contribution >= 0.6 is 11.3 Å². The maximum Gasteiger partial charge on any atom is 0.228 e. The van der Waals surface area contributed by atoms with Crippen LogP contribution < -0.4 is 4.90 Å². The van der Waals surface area contributed by atoms with Crippen LogP contribution in [0.25, 0.3) is 10.2 Å². The van der Waals surface area contributed by atoms with Gasteiger partial charge in [0.25, 0.3) is 0 Å². The molecule has 3 rings (SSSR count). The number of anilines is 1.